The number of rotatable bonds is 6. The lowest BCUT2D eigenvalue weighted by Gasteiger charge is -2.29. The molecule has 0 saturated heterocycles. The molecule has 0 amide bonds. The van der Waals surface area contributed by atoms with Gasteiger partial charge in [-0.2, -0.15) is 4.57 Å². The fourth-order valence-corrected chi connectivity index (χ4v) is 6.93. The van der Waals surface area contributed by atoms with Crippen LogP contribution in [0.3, 0.4) is 0 Å². The quantitative estimate of drug-likeness (QED) is 0.174. The van der Waals surface area contributed by atoms with Crippen LogP contribution in [0.4, 0.5) is 17.1 Å². The van der Waals surface area contributed by atoms with Gasteiger partial charge in [0.2, 0.25) is 0 Å². The van der Waals surface area contributed by atoms with Crippen molar-refractivity contribution in [3.05, 3.63) is 151 Å². The van der Waals surface area contributed by atoms with Crippen LogP contribution >= 0.6 is 0 Å². The molecule has 0 saturated carbocycles. The summed E-state index contributed by atoms with van der Waals surface area (Å²) in [7, 11) is 0. The Labute approximate surface area is 279 Å². The van der Waals surface area contributed by atoms with E-state index in [9.17, 15) is 0 Å². The van der Waals surface area contributed by atoms with E-state index in [-0.39, 0.29) is 0 Å². The number of benzene rings is 5. The number of aromatic nitrogens is 4. The van der Waals surface area contributed by atoms with Crippen LogP contribution < -0.4 is 4.90 Å². The molecule has 5 heteroatoms. The second-order valence-corrected chi connectivity index (χ2v) is 12.6. The maximum atomic E-state index is 8.20. The van der Waals surface area contributed by atoms with Gasteiger partial charge in [0, 0.05) is 58.0 Å². The van der Waals surface area contributed by atoms with E-state index in [4.69, 9.17) is 9.10 Å². The van der Waals surface area contributed by atoms with Crippen molar-refractivity contribution < 1.29 is 4.11 Å². The van der Waals surface area contributed by atoms with Crippen molar-refractivity contribution in [2.75, 3.05) is 4.90 Å². The standard InChI is InChI=1S/C42H38N5/c1-28(2)31-22-23-43-41(24-31)47-37-17-7-6-16-35(37)36-21-20-34(26-40(36)47)46(42-29(3)12-10-13-30(42)4)33-15-11-14-32(25-33)45-27-44(5)38-18-8-9-19-39(38)45/h6-28H,1-5H3/q+1/i5D3. The predicted octanol–water partition coefficient (Wildman–Crippen LogP) is 11.0. The minimum absolute atomic E-state index is 0.374. The summed E-state index contributed by atoms with van der Waals surface area (Å²) in [6.45, 7) is 6.39. The van der Waals surface area contributed by atoms with E-state index in [1.165, 1.54) is 15.5 Å². The van der Waals surface area contributed by atoms with Crippen molar-refractivity contribution in [1.29, 1.82) is 0 Å². The first kappa shape index (κ1) is 25.5. The summed E-state index contributed by atoms with van der Waals surface area (Å²) in [4.78, 5) is 7.19. The molecule has 8 rings (SSSR count). The monoisotopic (exact) mass is 615 g/mol. The van der Waals surface area contributed by atoms with Gasteiger partial charge >= 0.3 is 0 Å². The summed E-state index contributed by atoms with van der Waals surface area (Å²) < 4.78 is 30.2. The second kappa shape index (κ2) is 11.3. The molecule has 47 heavy (non-hydrogen) atoms. The normalized spacial score (nSPS) is 12.9. The molecule has 0 unspecified atom stereocenters. The SMILES string of the molecule is [2H]C([2H])([2H])n1[cH+]n(-c2cccc(N(c3ccc4c5ccccc5n(-c5cc(C(C)C)ccn5)c4c3)c3c(C)cccc3C)c2)c2ccccc21. The molecule has 8 aromatic rings. The van der Waals surface area contributed by atoms with Gasteiger partial charge in [0.15, 0.2) is 17.4 Å². The van der Waals surface area contributed by atoms with Crippen molar-refractivity contribution in [3.8, 4) is 11.5 Å². The number of fused-ring (bicyclic) bond motifs is 4. The minimum atomic E-state index is -2.32. The van der Waals surface area contributed by atoms with Crippen LogP contribution in [-0.4, -0.2) is 18.7 Å². The number of hydrogen-bond donors (Lipinski definition) is 0. The van der Waals surface area contributed by atoms with Crippen molar-refractivity contribution in [2.24, 2.45) is 6.98 Å². The highest BCUT2D eigenvalue weighted by Crippen LogP contribution is 2.42. The molecule has 0 N–H and O–H groups in total. The van der Waals surface area contributed by atoms with Gasteiger partial charge in [-0.3, -0.25) is 4.57 Å². The van der Waals surface area contributed by atoms with Gasteiger partial charge < -0.3 is 4.90 Å². The van der Waals surface area contributed by atoms with Crippen LogP contribution in [0.25, 0.3) is 44.3 Å². The molecule has 5 aromatic carbocycles. The molecular formula is C42H38N5+. The van der Waals surface area contributed by atoms with Crippen LogP contribution in [0.15, 0.2) is 134 Å². The average molecular weight is 616 g/mol. The van der Waals surface area contributed by atoms with Crippen LogP contribution in [0.5, 0.6) is 0 Å². The Bertz CT molecular complexity index is 2540. The minimum Gasteiger partial charge on any atom is -0.309 e. The Morgan fingerprint density at radius 2 is 1.38 bits per heavy atom. The third-order valence-corrected chi connectivity index (χ3v) is 9.24. The highest BCUT2D eigenvalue weighted by atomic mass is 15.2. The van der Waals surface area contributed by atoms with Crippen LogP contribution in [-0.2, 0) is 6.98 Å². The molecular weight excluding hydrogens is 574 g/mol. The fraction of sp³-hybridized carbons (Fsp3) is 0.143. The molecule has 0 atom stereocenters. The van der Waals surface area contributed by atoms with Crippen molar-refractivity contribution in [2.45, 2.75) is 33.6 Å². The smallest absolute Gasteiger partial charge is 0.191 e. The third-order valence-electron chi connectivity index (χ3n) is 9.24. The Morgan fingerprint density at radius 1 is 0.681 bits per heavy atom. The topological polar surface area (TPSA) is 30.9 Å². The van der Waals surface area contributed by atoms with Crippen LogP contribution in [0.1, 0.15) is 40.6 Å². The summed E-state index contributed by atoms with van der Waals surface area (Å²) in [6.07, 6.45) is 3.59. The van der Waals surface area contributed by atoms with Crippen molar-refractivity contribution in [1.82, 2.24) is 18.7 Å². The van der Waals surface area contributed by atoms with Crippen molar-refractivity contribution >= 4 is 49.9 Å². The zero-order valence-corrected chi connectivity index (χ0v) is 27.0. The number of nitrogens with zero attached hydrogens (tertiary/aromatic N) is 5. The number of hydrogen-bond acceptors (Lipinski definition) is 2. The Morgan fingerprint density at radius 3 is 2.17 bits per heavy atom. The molecule has 0 aliphatic rings. The van der Waals surface area contributed by atoms with Gasteiger partial charge in [-0.25, -0.2) is 9.55 Å². The third kappa shape index (κ3) is 4.78. The molecule has 5 nitrogen and oxygen atoms in total. The highest BCUT2D eigenvalue weighted by Gasteiger charge is 2.22. The van der Waals surface area contributed by atoms with Gasteiger partial charge in [0.1, 0.15) is 11.5 Å². The van der Waals surface area contributed by atoms with E-state index in [0.717, 1.165) is 61.6 Å². The summed E-state index contributed by atoms with van der Waals surface area (Å²) >= 11 is 0. The number of pyridine rings is 1. The largest absolute Gasteiger partial charge is 0.309 e. The molecule has 0 radical (unpaired) electrons. The summed E-state index contributed by atoms with van der Waals surface area (Å²) in [6, 6.07) is 41.8. The van der Waals surface area contributed by atoms with E-state index in [2.05, 4.69) is 122 Å². The van der Waals surface area contributed by atoms with Gasteiger partial charge in [-0.15, -0.1) is 0 Å². The predicted molar refractivity (Wildman–Crippen MR) is 197 cm³/mol. The molecule has 0 spiro atoms. The number of aryl methyl sites for hydroxylation is 3. The number of imidazole rings is 1. The zero-order chi connectivity index (χ0) is 34.7. The number of para-hydroxylation sites is 4. The Balaban J connectivity index is 1.37. The molecule has 3 aromatic heterocycles. The maximum absolute atomic E-state index is 8.20. The lowest BCUT2D eigenvalue weighted by atomic mass is 10.0. The van der Waals surface area contributed by atoms with Gasteiger partial charge in [0.25, 0.3) is 0 Å². The first-order chi connectivity index (χ1) is 24.1. The summed E-state index contributed by atoms with van der Waals surface area (Å²) in [5.41, 5.74) is 11.1. The first-order valence-electron chi connectivity index (χ1n) is 17.6. The molecule has 0 bridgehead atoms. The van der Waals surface area contributed by atoms with E-state index in [1.807, 2.05) is 47.2 Å². The van der Waals surface area contributed by atoms with E-state index < -0.39 is 6.98 Å². The lowest BCUT2D eigenvalue weighted by molar-refractivity contribution is 0.858. The number of anilines is 3. The summed E-state index contributed by atoms with van der Waals surface area (Å²) in [5.74, 6) is 1.26. The van der Waals surface area contributed by atoms with Crippen LogP contribution in [0, 0.1) is 13.8 Å². The highest BCUT2D eigenvalue weighted by molar-refractivity contribution is 6.10. The maximum Gasteiger partial charge on any atom is 0.191 e. The molecule has 0 aliphatic heterocycles. The van der Waals surface area contributed by atoms with Gasteiger partial charge in [0.05, 0.1) is 22.4 Å². The molecule has 3 heterocycles. The Hall–Kier alpha value is -5.68. The second-order valence-electron chi connectivity index (χ2n) is 12.6. The lowest BCUT2D eigenvalue weighted by Crippen LogP contribution is -2.13. The Kier molecular flexibility index (Phi) is 6.12. The first-order valence-corrected chi connectivity index (χ1v) is 16.1. The molecule has 230 valence electrons. The van der Waals surface area contributed by atoms with Gasteiger partial charge in [-0.05, 0) is 91.1 Å². The fourth-order valence-electron chi connectivity index (χ4n) is 6.93. The zero-order valence-electron chi connectivity index (χ0n) is 30.0. The molecule has 0 fully saturated rings. The van der Waals surface area contributed by atoms with E-state index in [1.54, 1.807) is 6.33 Å². The summed E-state index contributed by atoms with van der Waals surface area (Å²) in [5, 5.41) is 2.33. The van der Waals surface area contributed by atoms with Crippen LogP contribution in [0.2, 0.25) is 0 Å². The van der Waals surface area contributed by atoms with Crippen molar-refractivity contribution in [3.63, 3.8) is 0 Å². The van der Waals surface area contributed by atoms with E-state index >= 15 is 0 Å². The molecule has 0 aliphatic carbocycles. The average Bonchev–Trinajstić information content (AvgIpc) is 3.67. The van der Waals surface area contributed by atoms with E-state index in [0.29, 0.717) is 11.4 Å². The van der Waals surface area contributed by atoms with Gasteiger partial charge in [-0.1, -0.05) is 56.3 Å².